The Balaban J connectivity index is 1.43. The minimum Gasteiger partial charge on any atom is -0.495 e. The van der Waals surface area contributed by atoms with Crippen molar-refractivity contribution < 1.29 is 19.0 Å². The van der Waals surface area contributed by atoms with E-state index in [1.807, 2.05) is 6.08 Å². The number of hydrogen-bond acceptors (Lipinski definition) is 9. The van der Waals surface area contributed by atoms with Crippen LogP contribution < -0.4 is 25.7 Å². The second kappa shape index (κ2) is 11.4. The lowest BCUT2D eigenvalue weighted by Gasteiger charge is -2.29. The van der Waals surface area contributed by atoms with Crippen molar-refractivity contribution in [3.8, 4) is 11.5 Å². The van der Waals surface area contributed by atoms with E-state index in [1.54, 1.807) is 38.6 Å². The summed E-state index contributed by atoms with van der Waals surface area (Å²) in [5, 5.41) is 6.34. The number of carbonyl (C=O) groups excluding carboxylic acids is 1. The fourth-order valence-corrected chi connectivity index (χ4v) is 5.03. The number of piperidine rings is 1. The number of nitrogens with zero attached hydrogens (tertiary/aromatic N) is 4. The number of nitrogens with one attached hydrogen (secondary N) is 2. The second-order valence-corrected chi connectivity index (χ2v) is 9.95. The monoisotopic (exact) mass is 534 g/mol. The Bertz CT molecular complexity index is 1480. The number of fused-ring (bicyclic) bond motifs is 1. The number of likely N-dealkylation sites (tertiary alicyclic amines) is 1. The molecule has 1 amide bonds. The molecule has 0 atom stereocenters. The number of rotatable bonds is 8. The summed E-state index contributed by atoms with van der Waals surface area (Å²) < 4.78 is 18.1. The number of ether oxygens (including phenoxy) is 3. The molecule has 3 aromatic rings. The average Bonchev–Trinajstić information content (AvgIpc) is 3.46. The fraction of sp³-hybridized carbons (Fsp3) is 0.429. The number of carbonyl (C=O) groups is 1. The second-order valence-electron chi connectivity index (χ2n) is 9.95. The summed E-state index contributed by atoms with van der Waals surface area (Å²) >= 11 is 0. The van der Waals surface area contributed by atoms with Gasteiger partial charge in [-0.15, -0.1) is 0 Å². The maximum absolute atomic E-state index is 13.0. The van der Waals surface area contributed by atoms with Gasteiger partial charge in [-0.1, -0.05) is 6.08 Å². The van der Waals surface area contributed by atoms with E-state index in [4.69, 9.17) is 19.2 Å². The van der Waals surface area contributed by atoms with Crippen LogP contribution in [-0.2, 0) is 18.2 Å². The Hall–Kier alpha value is -3.96. The number of benzene rings is 1. The molecule has 39 heavy (non-hydrogen) atoms. The van der Waals surface area contributed by atoms with Gasteiger partial charge in [0.25, 0.3) is 11.5 Å². The van der Waals surface area contributed by atoms with Crippen LogP contribution in [0.2, 0.25) is 0 Å². The molecular formula is C28H34N6O5. The predicted molar refractivity (Wildman–Crippen MR) is 148 cm³/mol. The molecule has 0 spiro atoms. The van der Waals surface area contributed by atoms with E-state index in [0.29, 0.717) is 59.2 Å². The SMILES string of the molecule is COc1cc(C(=O)NC2CCN(C)CC2)ccc1Nc1ncc2c(n1)c(CC1=CCOC1)c(OC)c(=O)n2C. The summed E-state index contributed by atoms with van der Waals surface area (Å²) in [5.74, 6) is 0.934. The molecule has 0 saturated carbocycles. The standard InChI is InChI=1S/C28H34N6O5/c1-33-10-7-19(8-11-33)30-26(35)18-5-6-21(23(14-18)37-3)31-28-29-15-22-24(32-28)20(13-17-9-12-39-16-17)25(38-4)27(36)34(22)2/h5-6,9,14-15,19H,7-8,10-13,16H2,1-4H3,(H,30,35)(H,29,31,32). The van der Waals surface area contributed by atoms with E-state index < -0.39 is 0 Å². The molecule has 2 aliphatic rings. The Kier molecular flexibility index (Phi) is 7.80. The van der Waals surface area contributed by atoms with Crippen molar-refractivity contribution in [2.75, 3.05) is 52.9 Å². The highest BCUT2D eigenvalue weighted by molar-refractivity contribution is 5.95. The molecule has 11 heteroatoms. The first kappa shape index (κ1) is 26.6. The molecule has 0 unspecified atom stereocenters. The van der Waals surface area contributed by atoms with Crippen molar-refractivity contribution in [1.82, 2.24) is 24.8 Å². The maximum atomic E-state index is 13.0. The number of hydrogen-bond donors (Lipinski definition) is 2. The van der Waals surface area contributed by atoms with Gasteiger partial charge in [0, 0.05) is 30.6 Å². The molecule has 2 N–H and O–H groups in total. The lowest BCUT2D eigenvalue weighted by Crippen LogP contribution is -2.43. The van der Waals surface area contributed by atoms with Gasteiger partial charge < -0.3 is 34.3 Å². The van der Waals surface area contributed by atoms with E-state index in [1.165, 1.54) is 11.7 Å². The molecule has 1 fully saturated rings. The van der Waals surface area contributed by atoms with Gasteiger partial charge >= 0.3 is 0 Å². The van der Waals surface area contributed by atoms with E-state index in [2.05, 4.69) is 27.6 Å². The third-order valence-corrected chi connectivity index (χ3v) is 7.34. The number of amides is 1. The molecule has 1 aromatic carbocycles. The summed E-state index contributed by atoms with van der Waals surface area (Å²) in [5.41, 5.74) is 3.82. The molecule has 2 aromatic heterocycles. The molecule has 0 radical (unpaired) electrons. The smallest absolute Gasteiger partial charge is 0.293 e. The van der Waals surface area contributed by atoms with Crippen LogP contribution in [0.4, 0.5) is 11.6 Å². The number of aromatic nitrogens is 3. The fourth-order valence-electron chi connectivity index (χ4n) is 5.03. The third-order valence-electron chi connectivity index (χ3n) is 7.34. The van der Waals surface area contributed by atoms with Gasteiger partial charge in [-0.25, -0.2) is 9.97 Å². The third kappa shape index (κ3) is 5.59. The van der Waals surface area contributed by atoms with Crippen molar-refractivity contribution in [2.24, 2.45) is 7.05 Å². The van der Waals surface area contributed by atoms with Gasteiger partial charge in [0.1, 0.15) is 5.75 Å². The van der Waals surface area contributed by atoms with E-state index in [0.717, 1.165) is 31.5 Å². The molecule has 4 heterocycles. The van der Waals surface area contributed by atoms with Gasteiger partial charge in [-0.05, 0) is 56.8 Å². The summed E-state index contributed by atoms with van der Waals surface area (Å²) in [6.07, 6.45) is 5.97. The molecule has 5 rings (SSSR count). The van der Waals surface area contributed by atoms with Crippen molar-refractivity contribution in [2.45, 2.75) is 25.3 Å². The zero-order valence-electron chi connectivity index (χ0n) is 22.7. The number of anilines is 2. The van der Waals surface area contributed by atoms with Crippen LogP contribution in [0.3, 0.4) is 0 Å². The van der Waals surface area contributed by atoms with Crippen LogP contribution in [0.15, 0.2) is 40.8 Å². The highest BCUT2D eigenvalue weighted by Crippen LogP contribution is 2.30. The summed E-state index contributed by atoms with van der Waals surface area (Å²) in [6, 6.07) is 5.40. The van der Waals surface area contributed by atoms with Gasteiger partial charge in [0.2, 0.25) is 5.95 Å². The van der Waals surface area contributed by atoms with Crippen LogP contribution in [0, 0.1) is 0 Å². The zero-order valence-corrected chi connectivity index (χ0v) is 22.7. The predicted octanol–water partition coefficient (Wildman–Crippen LogP) is 2.41. The molecule has 206 valence electrons. The maximum Gasteiger partial charge on any atom is 0.293 e. The van der Waals surface area contributed by atoms with Crippen molar-refractivity contribution in [3.05, 3.63) is 57.5 Å². The molecule has 11 nitrogen and oxygen atoms in total. The molecule has 1 saturated heterocycles. The minimum atomic E-state index is -0.250. The van der Waals surface area contributed by atoms with Crippen LogP contribution >= 0.6 is 0 Å². The summed E-state index contributed by atoms with van der Waals surface area (Å²) in [4.78, 5) is 37.3. The normalized spacial score (nSPS) is 16.3. The van der Waals surface area contributed by atoms with E-state index in [9.17, 15) is 9.59 Å². The zero-order chi connectivity index (χ0) is 27.5. The Morgan fingerprint density at radius 1 is 1.18 bits per heavy atom. The Morgan fingerprint density at radius 2 is 1.97 bits per heavy atom. The van der Waals surface area contributed by atoms with Crippen molar-refractivity contribution in [1.29, 1.82) is 0 Å². The first-order chi connectivity index (χ1) is 18.9. The van der Waals surface area contributed by atoms with Crippen LogP contribution in [-0.4, -0.2) is 79.0 Å². The summed E-state index contributed by atoms with van der Waals surface area (Å²) in [7, 11) is 6.80. The Morgan fingerprint density at radius 3 is 2.67 bits per heavy atom. The lowest BCUT2D eigenvalue weighted by atomic mass is 10.0. The van der Waals surface area contributed by atoms with Crippen LogP contribution in [0.25, 0.3) is 11.0 Å². The van der Waals surface area contributed by atoms with Crippen LogP contribution in [0.5, 0.6) is 11.5 Å². The van der Waals surface area contributed by atoms with Crippen molar-refractivity contribution >= 4 is 28.6 Å². The molecule has 0 bridgehead atoms. The van der Waals surface area contributed by atoms with Gasteiger partial charge in [-0.2, -0.15) is 0 Å². The van der Waals surface area contributed by atoms with Gasteiger partial charge in [-0.3, -0.25) is 9.59 Å². The minimum absolute atomic E-state index is 0.126. The molecule has 0 aliphatic carbocycles. The molecular weight excluding hydrogens is 500 g/mol. The number of pyridine rings is 1. The van der Waals surface area contributed by atoms with Crippen LogP contribution in [0.1, 0.15) is 28.8 Å². The Labute approximate surface area is 226 Å². The average molecular weight is 535 g/mol. The van der Waals surface area contributed by atoms with Gasteiger partial charge in [0.05, 0.1) is 50.4 Å². The quantitative estimate of drug-likeness (QED) is 0.420. The van der Waals surface area contributed by atoms with E-state index in [-0.39, 0.29) is 23.3 Å². The van der Waals surface area contributed by atoms with Gasteiger partial charge in [0.15, 0.2) is 5.75 Å². The lowest BCUT2D eigenvalue weighted by molar-refractivity contribution is 0.0916. The highest BCUT2D eigenvalue weighted by atomic mass is 16.5. The largest absolute Gasteiger partial charge is 0.495 e. The number of methoxy groups -OCH3 is 2. The first-order valence-electron chi connectivity index (χ1n) is 13.0. The number of aryl methyl sites for hydroxylation is 1. The summed E-state index contributed by atoms with van der Waals surface area (Å²) in [6.45, 7) is 2.99. The highest BCUT2D eigenvalue weighted by Gasteiger charge is 2.22. The first-order valence-corrected chi connectivity index (χ1v) is 13.0. The van der Waals surface area contributed by atoms with E-state index >= 15 is 0 Å². The molecule has 2 aliphatic heterocycles. The topological polar surface area (TPSA) is 120 Å². The van der Waals surface area contributed by atoms with Crippen molar-refractivity contribution in [3.63, 3.8) is 0 Å².